The van der Waals surface area contributed by atoms with Crippen molar-refractivity contribution in [3.05, 3.63) is 29.8 Å². The normalized spacial score (nSPS) is 16.2. The Labute approximate surface area is 121 Å². The molecule has 20 heavy (non-hydrogen) atoms. The van der Waals surface area contributed by atoms with Gasteiger partial charge in [-0.05, 0) is 45.9 Å². The summed E-state index contributed by atoms with van der Waals surface area (Å²) in [7, 11) is 2.15. The molecular weight excluding hydrogens is 250 g/mol. The molecule has 0 aromatic heterocycles. The van der Waals surface area contributed by atoms with Crippen molar-refractivity contribution in [2.24, 2.45) is 0 Å². The minimum absolute atomic E-state index is 0.0166. The van der Waals surface area contributed by atoms with E-state index in [0.717, 1.165) is 24.8 Å². The highest BCUT2D eigenvalue weighted by atomic mass is 16.2. The summed E-state index contributed by atoms with van der Waals surface area (Å²) in [5.74, 6) is 0.0166. The van der Waals surface area contributed by atoms with E-state index in [9.17, 15) is 4.79 Å². The van der Waals surface area contributed by atoms with Gasteiger partial charge in [0.25, 0.3) is 0 Å². The number of carbonyl (C=O) groups excluding carboxylic acids is 1. The Morgan fingerprint density at radius 3 is 2.60 bits per heavy atom. The van der Waals surface area contributed by atoms with E-state index in [-0.39, 0.29) is 11.9 Å². The summed E-state index contributed by atoms with van der Waals surface area (Å²) in [6.45, 7) is 5.77. The van der Waals surface area contributed by atoms with Crippen LogP contribution in [0.15, 0.2) is 24.3 Å². The van der Waals surface area contributed by atoms with Crippen LogP contribution >= 0.6 is 0 Å². The fourth-order valence-corrected chi connectivity index (χ4v) is 2.14. The first-order valence-corrected chi connectivity index (χ1v) is 7.37. The third-order valence-electron chi connectivity index (χ3n) is 3.80. The maximum Gasteiger partial charge on any atom is 0.241 e. The Morgan fingerprint density at radius 1 is 1.35 bits per heavy atom. The summed E-state index contributed by atoms with van der Waals surface area (Å²) >= 11 is 0. The van der Waals surface area contributed by atoms with Crippen LogP contribution in [0, 0.1) is 6.92 Å². The lowest BCUT2D eigenvalue weighted by Crippen LogP contribution is -2.41. The zero-order valence-electron chi connectivity index (χ0n) is 12.6. The van der Waals surface area contributed by atoms with E-state index in [1.54, 1.807) is 0 Å². The molecule has 1 aliphatic carbocycles. The summed E-state index contributed by atoms with van der Waals surface area (Å²) in [4.78, 5) is 14.4. The van der Waals surface area contributed by atoms with Crippen LogP contribution in [0.1, 0.15) is 25.3 Å². The van der Waals surface area contributed by atoms with Crippen molar-refractivity contribution in [2.45, 2.75) is 38.8 Å². The number of hydrogen-bond donors (Lipinski definition) is 2. The Hall–Kier alpha value is -1.39. The number of anilines is 1. The zero-order valence-corrected chi connectivity index (χ0v) is 12.6. The quantitative estimate of drug-likeness (QED) is 0.800. The van der Waals surface area contributed by atoms with Crippen molar-refractivity contribution in [3.63, 3.8) is 0 Å². The van der Waals surface area contributed by atoms with Gasteiger partial charge in [0.05, 0.1) is 6.04 Å². The Kier molecular flexibility index (Phi) is 5.15. The Balaban J connectivity index is 1.69. The van der Waals surface area contributed by atoms with Crippen LogP contribution in [0.3, 0.4) is 0 Å². The van der Waals surface area contributed by atoms with Crippen molar-refractivity contribution in [1.82, 2.24) is 10.2 Å². The molecule has 4 nitrogen and oxygen atoms in total. The average Bonchev–Trinajstić information content (AvgIpc) is 3.25. The fraction of sp³-hybridized carbons (Fsp3) is 0.562. The molecule has 1 fully saturated rings. The molecule has 4 heteroatoms. The topological polar surface area (TPSA) is 44.4 Å². The number of carbonyl (C=O) groups is 1. The van der Waals surface area contributed by atoms with Crippen LogP contribution in [-0.2, 0) is 4.79 Å². The molecule has 0 heterocycles. The van der Waals surface area contributed by atoms with Gasteiger partial charge in [0.2, 0.25) is 5.91 Å². The van der Waals surface area contributed by atoms with Gasteiger partial charge in [-0.15, -0.1) is 0 Å². The van der Waals surface area contributed by atoms with E-state index in [1.807, 2.05) is 38.1 Å². The van der Waals surface area contributed by atoms with Crippen molar-refractivity contribution in [2.75, 3.05) is 25.5 Å². The second-order valence-electron chi connectivity index (χ2n) is 5.74. The van der Waals surface area contributed by atoms with Crippen LogP contribution in [0.25, 0.3) is 0 Å². The highest BCUT2D eigenvalue weighted by molar-refractivity contribution is 5.94. The smallest absolute Gasteiger partial charge is 0.241 e. The molecule has 110 valence electrons. The molecule has 0 bridgehead atoms. The van der Waals surface area contributed by atoms with Gasteiger partial charge in [-0.25, -0.2) is 0 Å². The van der Waals surface area contributed by atoms with E-state index in [2.05, 4.69) is 22.6 Å². The van der Waals surface area contributed by atoms with Crippen LogP contribution in [0.2, 0.25) is 0 Å². The van der Waals surface area contributed by atoms with Gasteiger partial charge in [0.1, 0.15) is 0 Å². The molecule has 1 aromatic carbocycles. The first-order valence-electron chi connectivity index (χ1n) is 7.37. The molecule has 1 unspecified atom stereocenters. The number of amides is 1. The lowest BCUT2D eigenvalue weighted by atomic mass is 10.2. The largest absolute Gasteiger partial charge is 0.325 e. The third-order valence-corrected chi connectivity index (χ3v) is 3.80. The van der Waals surface area contributed by atoms with Gasteiger partial charge < -0.3 is 15.5 Å². The van der Waals surface area contributed by atoms with Gasteiger partial charge in [-0.2, -0.15) is 0 Å². The van der Waals surface area contributed by atoms with Crippen LogP contribution in [0.4, 0.5) is 5.69 Å². The van der Waals surface area contributed by atoms with Crippen molar-refractivity contribution in [1.29, 1.82) is 0 Å². The fourth-order valence-electron chi connectivity index (χ4n) is 2.14. The van der Waals surface area contributed by atoms with Crippen LogP contribution in [0.5, 0.6) is 0 Å². The maximum absolute atomic E-state index is 12.0. The number of nitrogens with zero attached hydrogens (tertiary/aromatic N) is 1. The molecule has 0 aliphatic heterocycles. The van der Waals surface area contributed by atoms with Crippen molar-refractivity contribution in [3.8, 4) is 0 Å². The molecule has 2 N–H and O–H groups in total. The number of rotatable bonds is 7. The van der Waals surface area contributed by atoms with Gasteiger partial charge in [-0.3, -0.25) is 4.79 Å². The van der Waals surface area contributed by atoms with Gasteiger partial charge >= 0.3 is 0 Å². The molecule has 1 saturated carbocycles. The molecule has 1 amide bonds. The molecule has 2 rings (SSSR count). The number of likely N-dealkylation sites (N-methyl/N-ethyl adjacent to an activating group) is 1. The standard InChI is InChI=1S/C16H25N3O/c1-12-4-6-14(7-5-12)18-16(20)13(2)17-10-11-19(3)15-8-9-15/h4-7,13,15,17H,8-11H2,1-3H3,(H,18,20). The maximum atomic E-state index is 12.0. The lowest BCUT2D eigenvalue weighted by Gasteiger charge is -2.18. The van der Waals surface area contributed by atoms with E-state index >= 15 is 0 Å². The molecule has 0 radical (unpaired) electrons. The molecule has 1 aromatic rings. The third kappa shape index (κ3) is 4.62. The average molecular weight is 275 g/mol. The Morgan fingerprint density at radius 2 is 2.00 bits per heavy atom. The highest BCUT2D eigenvalue weighted by Crippen LogP contribution is 2.24. The molecule has 0 spiro atoms. The van der Waals surface area contributed by atoms with Crippen LogP contribution < -0.4 is 10.6 Å². The predicted molar refractivity (Wildman–Crippen MR) is 82.9 cm³/mol. The summed E-state index contributed by atoms with van der Waals surface area (Å²) in [5.41, 5.74) is 2.04. The zero-order chi connectivity index (χ0) is 14.5. The number of benzene rings is 1. The minimum atomic E-state index is -0.177. The van der Waals surface area contributed by atoms with E-state index in [4.69, 9.17) is 0 Å². The van der Waals surface area contributed by atoms with Crippen LogP contribution in [-0.4, -0.2) is 43.0 Å². The second-order valence-corrected chi connectivity index (χ2v) is 5.74. The van der Waals surface area contributed by atoms with E-state index in [1.165, 1.54) is 18.4 Å². The summed E-state index contributed by atoms with van der Waals surface area (Å²) in [6, 6.07) is 8.45. The summed E-state index contributed by atoms with van der Waals surface area (Å²) in [6.07, 6.45) is 2.64. The SMILES string of the molecule is Cc1ccc(NC(=O)C(C)NCCN(C)C2CC2)cc1. The van der Waals surface area contributed by atoms with Crippen molar-refractivity contribution < 1.29 is 4.79 Å². The molecule has 0 saturated heterocycles. The van der Waals surface area contributed by atoms with Crippen molar-refractivity contribution >= 4 is 11.6 Å². The number of hydrogen-bond acceptors (Lipinski definition) is 3. The van der Waals surface area contributed by atoms with Gasteiger partial charge in [-0.1, -0.05) is 17.7 Å². The van der Waals surface area contributed by atoms with E-state index in [0.29, 0.717) is 0 Å². The monoisotopic (exact) mass is 275 g/mol. The first-order chi connectivity index (χ1) is 9.56. The second kappa shape index (κ2) is 6.86. The molecular formula is C16H25N3O. The summed E-state index contributed by atoms with van der Waals surface area (Å²) < 4.78 is 0. The lowest BCUT2D eigenvalue weighted by molar-refractivity contribution is -0.117. The predicted octanol–water partition coefficient (Wildman–Crippen LogP) is 2.01. The van der Waals surface area contributed by atoms with E-state index < -0.39 is 0 Å². The molecule has 1 atom stereocenters. The summed E-state index contributed by atoms with van der Waals surface area (Å²) in [5, 5.41) is 6.20. The van der Waals surface area contributed by atoms with Gasteiger partial charge in [0.15, 0.2) is 0 Å². The Bertz CT molecular complexity index is 440. The highest BCUT2D eigenvalue weighted by Gasteiger charge is 2.25. The first kappa shape index (κ1) is 15.0. The number of nitrogens with one attached hydrogen (secondary N) is 2. The minimum Gasteiger partial charge on any atom is -0.325 e. The molecule has 1 aliphatic rings. The van der Waals surface area contributed by atoms with Gasteiger partial charge in [0, 0.05) is 24.8 Å². The number of aryl methyl sites for hydroxylation is 1.